The largest absolute Gasteiger partial charge is 0.441 e. The summed E-state index contributed by atoms with van der Waals surface area (Å²) in [6, 6.07) is 14.0. The van der Waals surface area contributed by atoms with E-state index >= 15 is 0 Å². The van der Waals surface area contributed by atoms with Gasteiger partial charge in [0.25, 0.3) is 0 Å². The maximum atomic E-state index is 12.4. The third kappa shape index (κ3) is 5.05. The summed E-state index contributed by atoms with van der Waals surface area (Å²) in [5.41, 5.74) is 5.74. The molecule has 3 aliphatic rings. The molecule has 0 radical (unpaired) electrons. The number of aromatic nitrogens is 2. The van der Waals surface area contributed by atoms with E-state index in [-0.39, 0.29) is 12.2 Å². The summed E-state index contributed by atoms with van der Waals surface area (Å²) in [4.78, 5) is 27.3. The number of hydrogen-bond acceptors (Lipinski definition) is 6. The van der Waals surface area contributed by atoms with E-state index in [2.05, 4.69) is 70.0 Å². The van der Waals surface area contributed by atoms with E-state index in [1.807, 2.05) is 6.20 Å². The Kier molecular flexibility index (Phi) is 6.78. The maximum absolute atomic E-state index is 12.4. The van der Waals surface area contributed by atoms with Crippen molar-refractivity contribution in [3.63, 3.8) is 0 Å². The van der Waals surface area contributed by atoms with E-state index in [4.69, 9.17) is 9.47 Å². The van der Waals surface area contributed by atoms with Crippen LogP contribution in [0.3, 0.4) is 0 Å². The first-order chi connectivity index (χ1) is 18.0. The van der Waals surface area contributed by atoms with Gasteiger partial charge in [0.05, 0.1) is 13.2 Å². The summed E-state index contributed by atoms with van der Waals surface area (Å²) >= 11 is 0. The highest BCUT2D eigenvalue weighted by atomic mass is 16.6. The quantitative estimate of drug-likeness (QED) is 0.554. The SMILES string of the molecule is CC(C)N1CCC[C@H](c2ccc(-c3cc4c(N5CCN(C(=O)OC6COC6)CC5)ccnc4[nH]3)cc2)C1. The predicted octanol–water partition coefficient (Wildman–Crippen LogP) is 4.48. The van der Waals surface area contributed by atoms with Crippen molar-refractivity contribution in [2.45, 2.75) is 44.8 Å². The van der Waals surface area contributed by atoms with Gasteiger partial charge >= 0.3 is 6.09 Å². The molecule has 1 N–H and O–H groups in total. The highest BCUT2D eigenvalue weighted by molar-refractivity contribution is 5.94. The molecule has 1 atom stereocenters. The number of hydrogen-bond donors (Lipinski definition) is 1. The molecule has 0 spiro atoms. The van der Waals surface area contributed by atoms with Crippen molar-refractivity contribution in [3.05, 3.63) is 48.2 Å². The van der Waals surface area contributed by atoms with Gasteiger partial charge in [-0.05, 0) is 62.4 Å². The zero-order valence-corrected chi connectivity index (χ0v) is 21.9. The topological polar surface area (TPSA) is 73.9 Å². The van der Waals surface area contributed by atoms with Gasteiger partial charge in [0.1, 0.15) is 5.65 Å². The van der Waals surface area contributed by atoms with Crippen LogP contribution in [0.15, 0.2) is 42.6 Å². The van der Waals surface area contributed by atoms with Gasteiger partial charge in [-0.15, -0.1) is 0 Å². The number of carbonyl (C=O) groups excluding carboxylic acids is 1. The maximum Gasteiger partial charge on any atom is 0.410 e. The van der Waals surface area contributed by atoms with E-state index in [1.54, 1.807) is 4.90 Å². The lowest BCUT2D eigenvalue weighted by Crippen LogP contribution is -2.51. The minimum absolute atomic E-state index is 0.0879. The molecular formula is C29H37N5O3. The Morgan fingerprint density at radius 3 is 2.57 bits per heavy atom. The Labute approximate surface area is 218 Å². The molecule has 6 rings (SSSR count). The zero-order valence-electron chi connectivity index (χ0n) is 21.9. The molecule has 5 heterocycles. The molecule has 3 aromatic rings. The van der Waals surface area contributed by atoms with Gasteiger partial charge in [-0.25, -0.2) is 9.78 Å². The number of ether oxygens (including phenoxy) is 2. The Hall–Kier alpha value is -3.10. The first-order valence-corrected chi connectivity index (χ1v) is 13.7. The van der Waals surface area contributed by atoms with Gasteiger partial charge in [-0.1, -0.05) is 24.3 Å². The van der Waals surface area contributed by atoms with Gasteiger partial charge in [0.15, 0.2) is 6.10 Å². The van der Waals surface area contributed by atoms with Crippen molar-refractivity contribution in [1.29, 1.82) is 0 Å². The molecule has 2 aromatic heterocycles. The Morgan fingerprint density at radius 2 is 1.86 bits per heavy atom. The van der Waals surface area contributed by atoms with Gasteiger partial charge in [0.2, 0.25) is 0 Å². The number of aromatic amines is 1. The number of nitrogens with zero attached hydrogens (tertiary/aromatic N) is 4. The molecular weight excluding hydrogens is 466 g/mol. The van der Waals surface area contributed by atoms with Crippen LogP contribution in [0.5, 0.6) is 0 Å². The van der Waals surface area contributed by atoms with Crippen molar-refractivity contribution >= 4 is 22.8 Å². The number of carbonyl (C=O) groups is 1. The predicted molar refractivity (Wildman–Crippen MR) is 145 cm³/mol. The second-order valence-electron chi connectivity index (χ2n) is 10.8. The molecule has 37 heavy (non-hydrogen) atoms. The third-order valence-electron chi connectivity index (χ3n) is 8.14. The molecule has 196 valence electrons. The summed E-state index contributed by atoms with van der Waals surface area (Å²) in [5.74, 6) is 0.610. The second kappa shape index (κ2) is 10.3. The van der Waals surface area contributed by atoms with E-state index in [1.165, 1.54) is 30.5 Å². The van der Waals surface area contributed by atoms with E-state index in [0.29, 0.717) is 38.3 Å². The standard InChI is InChI=1S/C29H37N5O3/c1-20(2)34-11-3-4-23(17-34)21-5-7-22(8-6-21)26-16-25-27(9-10-30-28(25)31-26)32-12-14-33(15-13-32)29(35)37-24-18-36-19-24/h5-10,16,20,23-24H,3-4,11-15,17-19H2,1-2H3,(H,30,31)/t23-/m0/s1. The molecule has 3 aliphatic heterocycles. The van der Waals surface area contributed by atoms with Crippen LogP contribution in [0.1, 0.15) is 38.2 Å². The van der Waals surface area contributed by atoms with Gasteiger partial charge in [-0.3, -0.25) is 0 Å². The molecule has 1 amide bonds. The Balaban J connectivity index is 1.15. The minimum Gasteiger partial charge on any atom is -0.441 e. The number of likely N-dealkylation sites (tertiary alicyclic amines) is 1. The Morgan fingerprint density at radius 1 is 1.08 bits per heavy atom. The minimum atomic E-state index is -0.231. The van der Waals surface area contributed by atoms with Crippen molar-refractivity contribution in [3.8, 4) is 11.3 Å². The number of benzene rings is 1. The average Bonchev–Trinajstić information content (AvgIpc) is 3.35. The lowest BCUT2D eigenvalue weighted by molar-refractivity contribution is -0.104. The lowest BCUT2D eigenvalue weighted by Gasteiger charge is -2.37. The van der Waals surface area contributed by atoms with Crippen LogP contribution in [-0.4, -0.2) is 90.5 Å². The Bertz CT molecular complexity index is 1230. The van der Waals surface area contributed by atoms with E-state index in [0.717, 1.165) is 42.0 Å². The van der Waals surface area contributed by atoms with Crippen LogP contribution in [-0.2, 0) is 9.47 Å². The summed E-state index contributed by atoms with van der Waals surface area (Å²) in [6.07, 6.45) is 4.08. The molecule has 0 saturated carbocycles. The molecule has 8 nitrogen and oxygen atoms in total. The summed E-state index contributed by atoms with van der Waals surface area (Å²) < 4.78 is 10.6. The normalized spacial score (nSPS) is 21.4. The molecule has 0 unspecified atom stereocenters. The highest BCUT2D eigenvalue weighted by Gasteiger charge is 2.29. The number of amides is 1. The second-order valence-corrected chi connectivity index (χ2v) is 10.8. The van der Waals surface area contributed by atoms with Gasteiger partial charge < -0.3 is 29.2 Å². The first kappa shape index (κ1) is 24.2. The fourth-order valence-electron chi connectivity index (χ4n) is 5.76. The smallest absolute Gasteiger partial charge is 0.410 e. The van der Waals surface area contributed by atoms with Crippen LogP contribution in [0, 0.1) is 0 Å². The molecule has 0 bridgehead atoms. The van der Waals surface area contributed by atoms with Crippen LogP contribution in [0.4, 0.5) is 10.5 Å². The van der Waals surface area contributed by atoms with Gasteiger partial charge in [-0.2, -0.15) is 0 Å². The number of anilines is 1. The number of piperidine rings is 1. The number of piperazine rings is 1. The number of rotatable bonds is 5. The van der Waals surface area contributed by atoms with Crippen LogP contribution in [0.25, 0.3) is 22.3 Å². The molecule has 3 saturated heterocycles. The lowest BCUT2D eigenvalue weighted by atomic mass is 9.89. The number of fused-ring (bicyclic) bond motifs is 1. The fourth-order valence-corrected chi connectivity index (χ4v) is 5.76. The monoisotopic (exact) mass is 503 g/mol. The number of H-pyrrole nitrogens is 1. The molecule has 3 fully saturated rings. The van der Waals surface area contributed by atoms with Crippen molar-refractivity contribution in [2.24, 2.45) is 0 Å². The number of pyridine rings is 1. The van der Waals surface area contributed by atoms with Crippen molar-refractivity contribution < 1.29 is 14.3 Å². The van der Waals surface area contributed by atoms with Gasteiger partial charge in [0, 0.05) is 61.7 Å². The average molecular weight is 504 g/mol. The summed E-state index contributed by atoms with van der Waals surface area (Å²) in [5, 5.41) is 1.11. The molecule has 0 aliphatic carbocycles. The summed E-state index contributed by atoms with van der Waals surface area (Å²) in [7, 11) is 0. The first-order valence-electron chi connectivity index (χ1n) is 13.7. The number of nitrogens with one attached hydrogen (secondary N) is 1. The summed E-state index contributed by atoms with van der Waals surface area (Å²) in [6.45, 7) is 10.8. The van der Waals surface area contributed by atoms with Crippen molar-refractivity contribution in [1.82, 2.24) is 19.8 Å². The fraction of sp³-hybridized carbons (Fsp3) is 0.517. The molecule has 8 heteroatoms. The van der Waals surface area contributed by atoms with Crippen LogP contribution < -0.4 is 4.90 Å². The van der Waals surface area contributed by atoms with Crippen molar-refractivity contribution in [2.75, 3.05) is 57.4 Å². The third-order valence-corrected chi connectivity index (χ3v) is 8.14. The highest BCUT2D eigenvalue weighted by Crippen LogP contribution is 2.33. The van der Waals surface area contributed by atoms with Crippen LogP contribution in [0.2, 0.25) is 0 Å². The molecule has 1 aromatic carbocycles. The van der Waals surface area contributed by atoms with E-state index < -0.39 is 0 Å². The zero-order chi connectivity index (χ0) is 25.4. The van der Waals surface area contributed by atoms with Crippen LogP contribution >= 0.6 is 0 Å². The van der Waals surface area contributed by atoms with E-state index in [9.17, 15) is 4.79 Å².